The molecular weight excluding hydrogens is 342 g/mol. The number of aromatic nitrogens is 1. The summed E-state index contributed by atoms with van der Waals surface area (Å²) in [5.74, 6) is 0.354. The van der Waals surface area contributed by atoms with Gasteiger partial charge >= 0.3 is 0 Å². The summed E-state index contributed by atoms with van der Waals surface area (Å²) in [6.45, 7) is 1.48. The highest BCUT2D eigenvalue weighted by molar-refractivity contribution is 6.04. The monoisotopic (exact) mass is 361 g/mol. The van der Waals surface area contributed by atoms with Crippen LogP contribution in [0.3, 0.4) is 0 Å². The molecular formula is C21H19N3O3. The number of hydrogen-bond donors (Lipinski definition) is 2. The van der Waals surface area contributed by atoms with Gasteiger partial charge in [0.15, 0.2) is 5.78 Å². The van der Waals surface area contributed by atoms with Crippen LogP contribution < -0.4 is 15.4 Å². The maximum absolute atomic E-state index is 12.5. The molecule has 6 nitrogen and oxygen atoms in total. The minimum Gasteiger partial charge on any atom is -0.497 e. The lowest BCUT2D eigenvalue weighted by Crippen LogP contribution is -2.14. The van der Waals surface area contributed by atoms with Crippen LogP contribution in [0.4, 0.5) is 17.1 Å². The van der Waals surface area contributed by atoms with Crippen LogP contribution in [-0.2, 0) is 0 Å². The van der Waals surface area contributed by atoms with E-state index in [-0.39, 0.29) is 17.4 Å². The normalized spacial score (nSPS) is 10.1. The molecule has 0 bridgehead atoms. The van der Waals surface area contributed by atoms with Crippen molar-refractivity contribution < 1.29 is 14.3 Å². The second-order valence-electron chi connectivity index (χ2n) is 5.87. The summed E-state index contributed by atoms with van der Waals surface area (Å²) in [5.41, 5.74) is 2.95. The molecule has 136 valence electrons. The Balaban J connectivity index is 1.73. The summed E-state index contributed by atoms with van der Waals surface area (Å²) in [6, 6.07) is 17.7. The molecule has 1 aromatic heterocycles. The summed E-state index contributed by atoms with van der Waals surface area (Å²) < 4.78 is 5.14. The number of benzene rings is 2. The minimum absolute atomic E-state index is 0.0603. The highest BCUT2D eigenvalue weighted by atomic mass is 16.5. The fourth-order valence-corrected chi connectivity index (χ4v) is 2.48. The first-order valence-electron chi connectivity index (χ1n) is 8.34. The molecule has 0 fully saturated rings. The van der Waals surface area contributed by atoms with Gasteiger partial charge in [0, 0.05) is 28.8 Å². The highest BCUT2D eigenvalue weighted by Crippen LogP contribution is 2.20. The van der Waals surface area contributed by atoms with Gasteiger partial charge < -0.3 is 15.4 Å². The number of rotatable bonds is 6. The van der Waals surface area contributed by atoms with Gasteiger partial charge in [-0.2, -0.15) is 0 Å². The van der Waals surface area contributed by atoms with Crippen molar-refractivity contribution in [2.24, 2.45) is 0 Å². The Labute approximate surface area is 157 Å². The highest BCUT2D eigenvalue weighted by Gasteiger charge is 2.10. The number of anilines is 3. The number of Topliss-reactive ketones (excluding diaryl/α,β-unsaturated/α-hetero) is 1. The summed E-state index contributed by atoms with van der Waals surface area (Å²) >= 11 is 0. The number of carbonyl (C=O) groups excluding carboxylic acids is 2. The first-order valence-corrected chi connectivity index (χ1v) is 8.34. The lowest BCUT2D eigenvalue weighted by atomic mass is 10.1. The van der Waals surface area contributed by atoms with Crippen molar-refractivity contribution >= 4 is 28.8 Å². The molecule has 0 radical (unpaired) electrons. The van der Waals surface area contributed by atoms with Gasteiger partial charge in [0.05, 0.1) is 7.11 Å². The van der Waals surface area contributed by atoms with E-state index in [4.69, 9.17) is 4.74 Å². The Morgan fingerprint density at radius 2 is 1.70 bits per heavy atom. The van der Waals surface area contributed by atoms with Crippen LogP contribution in [-0.4, -0.2) is 23.8 Å². The molecule has 0 spiro atoms. The number of methoxy groups -OCH3 is 1. The van der Waals surface area contributed by atoms with E-state index in [0.29, 0.717) is 11.3 Å². The van der Waals surface area contributed by atoms with E-state index >= 15 is 0 Å². The standard InChI is InChI=1S/C21H19N3O3/c1-14(25)15-4-3-5-17(12-15)24-21(26)20-13-18(10-11-22-20)23-16-6-8-19(27-2)9-7-16/h3-13H,1-2H3,(H,22,23)(H,24,26). The Hall–Kier alpha value is -3.67. The van der Waals surface area contributed by atoms with E-state index in [1.54, 1.807) is 49.7 Å². The SMILES string of the molecule is COc1ccc(Nc2ccnc(C(=O)Nc3cccc(C(C)=O)c3)c2)cc1. The summed E-state index contributed by atoms with van der Waals surface area (Å²) in [4.78, 5) is 28.1. The van der Waals surface area contributed by atoms with E-state index in [1.165, 1.54) is 6.92 Å². The lowest BCUT2D eigenvalue weighted by molar-refractivity contribution is 0.100. The van der Waals surface area contributed by atoms with E-state index in [2.05, 4.69) is 15.6 Å². The number of ether oxygens (including phenoxy) is 1. The zero-order valence-electron chi connectivity index (χ0n) is 15.0. The fraction of sp³-hybridized carbons (Fsp3) is 0.0952. The molecule has 1 heterocycles. The van der Waals surface area contributed by atoms with Crippen LogP contribution in [0.2, 0.25) is 0 Å². The van der Waals surface area contributed by atoms with E-state index < -0.39 is 0 Å². The molecule has 1 amide bonds. The first-order chi connectivity index (χ1) is 13.0. The van der Waals surface area contributed by atoms with Gasteiger partial charge in [-0.1, -0.05) is 12.1 Å². The van der Waals surface area contributed by atoms with Crippen molar-refractivity contribution in [1.29, 1.82) is 0 Å². The zero-order valence-corrected chi connectivity index (χ0v) is 15.0. The topological polar surface area (TPSA) is 80.3 Å². The van der Waals surface area contributed by atoms with Crippen LogP contribution in [0.5, 0.6) is 5.75 Å². The van der Waals surface area contributed by atoms with Gasteiger partial charge in [0.2, 0.25) is 0 Å². The van der Waals surface area contributed by atoms with E-state index in [0.717, 1.165) is 17.1 Å². The minimum atomic E-state index is -0.353. The van der Waals surface area contributed by atoms with E-state index in [1.807, 2.05) is 24.3 Å². The molecule has 0 saturated carbocycles. The Kier molecular flexibility index (Phi) is 5.47. The number of nitrogens with one attached hydrogen (secondary N) is 2. The maximum atomic E-state index is 12.5. The Morgan fingerprint density at radius 1 is 0.926 bits per heavy atom. The molecule has 0 aliphatic heterocycles. The van der Waals surface area contributed by atoms with Gasteiger partial charge in [-0.15, -0.1) is 0 Å². The van der Waals surface area contributed by atoms with Gasteiger partial charge in [0.1, 0.15) is 11.4 Å². The third-order valence-electron chi connectivity index (χ3n) is 3.90. The number of pyridine rings is 1. The molecule has 0 saturated heterocycles. The average molecular weight is 361 g/mol. The smallest absolute Gasteiger partial charge is 0.274 e. The van der Waals surface area contributed by atoms with E-state index in [9.17, 15) is 9.59 Å². The quantitative estimate of drug-likeness (QED) is 0.640. The van der Waals surface area contributed by atoms with Gasteiger partial charge in [-0.3, -0.25) is 14.6 Å². The number of amides is 1. The van der Waals surface area contributed by atoms with Crippen LogP contribution in [0, 0.1) is 0 Å². The number of carbonyl (C=O) groups is 2. The number of hydrogen-bond acceptors (Lipinski definition) is 5. The third kappa shape index (κ3) is 4.70. The molecule has 3 aromatic rings. The number of nitrogens with zero attached hydrogens (tertiary/aromatic N) is 1. The van der Waals surface area contributed by atoms with Crippen molar-refractivity contribution in [3.63, 3.8) is 0 Å². The Bertz CT molecular complexity index is 968. The molecule has 0 unspecified atom stereocenters. The summed E-state index contributed by atoms with van der Waals surface area (Å²) in [5, 5.41) is 5.98. The molecule has 2 N–H and O–H groups in total. The molecule has 27 heavy (non-hydrogen) atoms. The second-order valence-corrected chi connectivity index (χ2v) is 5.87. The van der Waals surface area contributed by atoms with Gasteiger partial charge in [0.25, 0.3) is 5.91 Å². The van der Waals surface area contributed by atoms with Crippen molar-refractivity contribution in [1.82, 2.24) is 4.98 Å². The second kappa shape index (κ2) is 8.14. The molecule has 3 rings (SSSR count). The maximum Gasteiger partial charge on any atom is 0.274 e. The molecule has 0 aliphatic carbocycles. The van der Waals surface area contributed by atoms with Crippen molar-refractivity contribution in [3.05, 3.63) is 78.1 Å². The number of ketones is 1. The van der Waals surface area contributed by atoms with Crippen LogP contribution in [0.1, 0.15) is 27.8 Å². The predicted octanol–water partition coefficient (Wildman–Crippen LogP) is 4.29. The van der Waals surface area contributed by atoms with Crippen molar-refractivity contribution in [2.75, 3.05) is 17.7 Å². The third-order valence-corrected chi connectivity index (χ3v) is 3.90. The van der Waals surface area contributed by atoms with Gasteiger partial charge in [-0.25, -0.2) is 0 Å². The summed E-state index contributed by atoms with van der Waals surface area (Å²) in [7, 11) is 1.61. The molecule has 0 aliphatic rings. The Morgan fingerprint density at radius 3 is 2.41 bits per heavy atom. The molecule has 6 heteroatoms. The van der Waals surface area contributed by atoms with Gasteiger partial charge in [-0.05, 0) is 55.5 Å². The molecule has 0 atom stereocenters. The zero-order chi connectivity index (χ0) is 19.2. The van der Waals surface area contributed by atoms with Crippen molar-refractivity contribution in [2.45, 2.75) is 6.92 Å². The first kappa shape index (κ1) is 18.1. The molecule has 2 aromatic carbocycles. The average Bonchev–Trinajstić information content (AvgIpc) is 2.69. The predicted molar refractivity (Wildman–Crippen MR) is 105 cm³/mol. The lowest BCUT2D eigenvalue weighted by Gasteiger charge is -2.09. The van der Waals surface area contributed by atoms with Crippen LogP contribution in [0.25, 0.3) is 0 Å². The largest absolute Gasteiger partial charge is 0.497 e. The summed E-state index contributed by atoms with van der Waals surface area (Å²) in [6.07, 6.45) is 1.56. The van der Waals surface area contributed by atoms with Crippen LogP contribution >= 0.6 is 0 Å². The van der Waals surface area contributed by atoms with Crippen LogP contribution in [0.15, 0.2) is 66.9 Å². The van der Waals surface area contributed by atoms with Crippen molar-refractivity contribution in [3.8, 4) is 5.75 Å². The fourth-order valence-electron chi connectivity index (χ4n) is 2.48.